The van der Waals surface area contributed by atoms with Crippen LogP contribution in [-0.4, -0.2) is 6.54 Å². The summed E-state index contributed by atoms with van der Waals surface area (Å²) in [7, 11) is 0. The summed E-state index contributed by atoms with van der Waals surface area (Å²) in [6, 6.07) is 12.6. The smallest absolute Gasteiger partial charge is 0.137 e. The Morgan fingerprint density at radius 3 is 2.56 bits per heavy atom. The second-order valence-electron chi connectivity index (χ2n) is 3.84. The van der Waals surface area contributed by atoms with E-state index in [0.29, 0.717) is 22.9 Å². The van der Waals surface area contributed by atoms with Crippen LogP contribution >= 0.6 is 23.4 Å². The van der Waals surface area contributed by atoms with E-state index in [2.05, 4.69) is 0 Å². The lowest BCUT2D eigenvalue weighted by molar-refractivity contribution is 0.599. The fourth-order valence-corrected chi connectivity index (χ4v) is 2.69. The van der Waals surface area contributed by atoms with Crippen LogP contribution in [0.5, 0.6) is 0 Å². The first-order valence-corrected chi connectivity index (χ1v) is 6.81. The molecule has 0 aliphatic carbocycles. The highest BCUT2D eigenvalue weighted by Crippen LogP contribution is 2.34. The zero-order chi connectivity index (χ0) is 13.0. The van der Waals surface area contributed by atoms with E-state index in [1.54, 1.807) is 12.1 Å². The van der Waals surface area contributed by atoms with Crippen molar-refractivity contribution in [3.8, 4) is 0 Å². The van der Waals surface area contributed by atoms with E-state index in [0.717, 1.165) is 10.5 Å². The highest BCUT2D eigenvalue weighted by molar-refractivity contribution is 7.99. The fourth-order valence-electron chi connectivity index (χ4n) is 1.60. The summed E-state index contributed by atoms with van der Waals surface area (Å²) in [5.74, 6) is -0.231. The van der Waals surface area contributed by atoms with Gasteiger partial charge in [-0.1, -0.05) is 41.6 Å². The molecular formula is C14H13ClFNS. The van der Waals surface area contributed by atoms with Crippen molar-refractivity contribution in [3.63, 3.8) is 0 Å². The van der Waals surface area contributed by atoms with Crippen LogP contribution in [0.4, 0.5) is 4.39 Å². The molecule has 0 radical (unpaired) electrons. The minimum Gasteiger partial charge on any atom is -0.330 e. The van der Waals surface area contributed by atoms with Crippen molar-refractivity contribution in [3.05, 3.63) is 58.9 Å². The van der Waals surface area contributed by atoms with Crippen LogP contribution in [-0.2, 0) is 6.42 Å². The van der Waals surface area contributed by atoms with Gasteiger partial charge < -0.3 is 5.73 Å². The van der Waals surface area contributed by atoms with E-state index in [-0.39, 0.29) is 5.82 Å². The summed E-state index contributed by atoms with van der Waals surface area (Å²) in [5.41, 5.74) is 6.36. The molecule has 0 unspecified atom stereocenters. The SMILES string of the molecule is NCCc1ccc(Sc2ccccc2Cl)c(F)c1. The van der Waals surface area contributed by atoms with Gasteiger partial charge in [0.25, 0.3) is 0 Å². The van der Waals surface area contributed by atoms with Crippen molar-refractivity contribution in [1.29, 1.82) is 0 Å². The van der Waals surface area contributed by atoms with Gasteiger partial charge in [-0.2, -0.15) is 0 Å². The highest BCUT2D eigenvalue weighted by atomic mass is 35.5. The Bertz CT molecular complexity index is 545. The highest BCUT2D eigenvalue weighted by Gasteiger charge is 2.07. The maximum atomic E-state index is 13.9. The molecule has 0 spiro atoms. The zero-order valence-corrected chi connectivity index (χ0v) is 11.3. The lowest BCUT2D eigenvalue weighted by Gasteiger charge is -2.06. The van der Waals surface area contributed by atoms with Gasteiger partial charge in [-0.25, -0.2) is 4.39 Å². The summed E-state index contributed by atoms with van der Waals surface area (Å²) in [5, 5.41) is 0.632. The largest absolute Gasteiger partial charge is 0.330 e. The maximum absolute atomic E-state index is 13.9. The second kappa shape index (κ2) is 6.23. The van der Waals surface area contributed by atoms with E-state index in [1.807, 2.05) is 24.3 Å². The molecule has 0 amide bonds. The van der Waals surface area contributed by atoms with Crippen LogP contribution in [0.15, 0.2) is 52.3 Å². The van der Waals surface area contributed by atoms with Crippen molar-refractivity contribution in [2.24, 2.45) is 5.73 Å². The van der Waals surface area contributed by atoms with E-state index >= 15 is 0 Å². The Kier molecular flexibility index (Phi) is 4.64. The van der Waals surface area contributed by atoms with Gasteiger partial charge in [-0.15, -0.1) is 0 Å². The van der Waals surface area contributed by atoms with Crippen molar-refractivity contribution in [2.75, 3.05) is 6.54 Å². The monoisotopic (exact) mass is 281 g/mol. The molecule has 1 nitrogen and oxygen atoms in total. The third-order valence-electron chi connectivity index (χ3n) is 2.49. The van der Waals surface area contributed by atoms with Gasteiger partial charge in [0, 0.05) is 9.79 Å². The van der Waals surface area contributed by atoms with Gasteiger partial charge in [-0.05, 0) is 42.8 Å². The molecule has 2 aromatic carbocycles. The number of benzene rings is 2. The minimum atomic E-state index is -0.231. The zero-order valence-electron chi connectivity index (χ0n) is 9.70. The lowest BCUT2D eigenvalue weighted by atomic mass is 10.1. The average Bonchev–Trinajstić information content (AvgIpc) is 2.35. The Balaban J connectivity index is 2.22. The molecule has 4 heteroatoms. The van der Waals surface area contributed by atoms with Gasteiger partial charge >= 0.3 is 0 Å². The lowest BCUT2D eigenvalue weighted by Crippen LogP contribution is -2.02. The van der Waals surface area contributed by atoms with Crippen LogP contribution in [0.2, 0.25) is 5.02 Å². The summed E-state index contributed by atoms with van der Waals surface area (Å²) >= 11 is 7.38. The van der Waals surface area contributed by atoms with Crippen molar-refractivity contribution in [1.82, 2.24) is 0 Å². The van der Waals surface area contributed by atoms with E-state index in [4.69, 9.17) is 17.3 Å². The molecule has 2 N–H and O–H groups in total. The van der Waals surface area contributed by atoms with Gasteiger partial charge in [0.05, 0.1) is 5.02 Å². The van der Waals surface area contributed by atoms with Gasteiger partial charge in [0.15, 0.2) is 0 Å². The second-order valence-corrected chi connectivity index (χ2v) is 5.33. The van der Waals surface area contributed by atoms with E-state index in [1.165, 1.54) is 17.8 Å². The van der Waals surface area contributed by atoms with Crippen LogP contribution in [0.3, 0.4) is 0 Å². The van der Waals surface area contributed by atoms with Crippen LogP contribution < -0.4 is 5.73 Å². The van der Waals surface area contributed by atoms with E-state index in [9.17, 15) is 4.39 Å². The summed E-state index contributed by atoms with van der Waals surface area (Å²) in [4.78, 5) is 1.42. The Morgan fingerprint density at radius 2 is 1.89 bits per heavy atom. The predicted molar refractivity (Wildman–Crippen MR) is 74.7 cm³/mol. The average molecular weight is 282 g/mol. The van der Waals surface area contributed by atoms with Crippen molar-refractivity contribution in [2.45, 2.75) is 16.2 Å². The predicted octanol–water partition coefficient (Wildman–Crippen LogP) is 4.13. The first-order chi connectivity index (χ1) is 8.70. The molecule has 0 heterocycles. The van der Waals surface area contributed by atoms with Crippen molar-refractivity contribution < 1.29 is 4.39 Å². The normalized spacial score (nSPS) is 10.6. The van der Waals surface area contributed by atoms with Gasteiger partial charge in [0.2, 0.25) is 0 Å². The molecule has 0 bridgehead atoms. The first-order valence-electron chi connectivity index (χ1n) is 5.61. The van der Waals surface area contributed by atoms with Crippen LogP contribution in [0, 0.1) is 5.82 Å². The first kappa shape index (κ1) is 13.4. The minimum absolute atomic E-state index is 0.231. The van der Waals surface area contributed by atoms with Crippen LogP contribution in [0.1, 0.15) is 5.56 Å². The number of hydrogen-bond donors (Lipinski definition) is 1. The van der Waals surface area contributed by atoms with Crippen LogP contribution in [0.25, 0.3) is 0 Å². The third-order valence-corrected chi connectivity index (χ3v) is 4.05. The fraction of sp³-hybridized carbons (Fsp3) is 0.143. The maximum Gasteiger partial charge on any atom is 0.137 e. The van der Waals surface area contributed by atoms with Gasteiger partial charge in [-0.3, -0.25) is 0 Å². The molecule has 0 aromatic heterocycles. The molecule has 0 aliphatic heterocycles. The molecule has 0 fully saturated rings. The Morgan fingerprint density at radius 1 is 1.11 bits per heavy atom. The topological polar surface area (TPSA) is 26.0 Å². The Hall–Kier alpha value is -1.03. The summed E-state index contributed by atoms with van der Waals surface area (Å²) in [6.45, 7) is 0.524. The molecule has 0 atom stereocenters. The molecule has 0 saturated carbocycles. The number of rotatable bonds is 4. The van der Waals surface area contributed by atoms with Crippen molar-refractivity contribution >= 4 is 23.4 Å². The number of nitrogens with two attached hydrogens (primary N) is 1. The Labute approximate surface area is 115 Å². The summed E-state index contributed by atoms with van der Waals surface area (Å²) < 4.78 is 13.9. The quantitative estimate of drug-likeness (QED) is 0.912. The molecule has 2 rings (SSSR count). The molecule has 0 saturated heterocycles. The van der Waals surface area contributed by atoms with Gasteiger partial charge in [0.1, 0.15) is 5.82 Å². The summed E-state index contributed by atoms with van der Waals surface area (Å²) in [6.07, 6.45) is 0.688. The molecular weight excluding hydrogens is 269 g/mol. The third kappa shape index (κ3) is 3.25. The standard InChI is InChI=1S/C14H13ClFNS/c15-11-3-1-2-4-13(11)18-14-6-5-10(7-8-17)9-12(14)16/h1-6,9H,7-8,17H2. The molecule has 18 heavy (non-hydrogen) atoms. The molecule has 2 aromatic rings. The van der Waals surface area contributed by atoms with E-state index < -0.39 is 0 Å². The number of hydrogen-bond acceptors (Lipinski definition) is 2. The molecule has 94 valence electrons. The molecule has 0 aliphatic rings. The number of halogens is 2.